The zero-order chi connectivity index (χ0) is 31.4. The Morgan fingerprint density at radius 2 is 1.86 bits per heavy atom. The van der Waals surface area contributed by atoms with Gasteiger partial charge in [0.05, 0.1) is 41.7 Å². The smallest absolute Gasteiger partial charge is 0.338 e. The fraction of sp³-hybridized carbons (Fsp3) is 0.265. The van der Waals surface area contributed by atoms with E-state index in [0.29, 0.717) is 37.8 Å². The fourth-order valence-electron chi connectivity index (χ4n) is 4.92. The lowest BCUT2D eigenvalue weighted by atomic mass is 9.95. The Hall–Kier alpha value is -4.70. The minimum absolute atomic E-state index is 0.0706. The SMILES string of the molecule is CCOC(=O)C1=C(C)N=c2s/c(=C\c3ccc(OCc4cccc(F)c4)cc3)c(=O)n2[C@@H]1c1ccc(OC(C)C)c(OC)c1. The largest absolute Gasteiger partial charge is 0.493 e. The van der Waals surface area contributed by atoms with E-state index in [9.17, 15) is 14.0 Å². The van der Waals surface area contributed by atoms with Gasteiger partial charge in [-0.3, -0.25) is 9.36 Å². The first-order valence-corrected chi connectivity index (χ1v) is 15.0. The number of esters is 1. The van der Waals surface area contributed by atoms with E-state index in [1.807, 2.05) is 32.0 Å². The van der Waals surface area contributed by atoms with Crippen LogP contribution in [-0.2, 0) is 16.1 Å². The third-order valence-electron chi connectivity index (χ3n) is 6.86. The molecule has 5 rings (SSSR count). The molecule has 0 amide bonds. The number of aromatic nitrogens is 1. The molecule has 1 aromatic heterocycles. The molecule has 3 aromatic carbocycles. The van der Waals surface area contributed by atoms with Gasteiger partial charge in [0.2, 0.25) is 0 Å². The van der Waals surface area contributed by atoms with Crippen LogP contribution in [0.25, 0.3) is 6.08 Å². The monoisotopic (exact) mass is 616 g/mol. The van der Waals surface area contributed by atoms with E-state index >= 15 is 0 Å². The molecule has 0 radical (unpaired) electrons. The van der Waals surface area contributed by atoms with Crippen LogP contribution in [0.2, 0.25) is 0 Å². The number of rotatable bonds is 10. The first-order valence-electron chi connectivity index (χ1n) is 14.2. The predicted octanol–water partition coefficient (Wildman–Crippen LogP) is 5.31. The highest BCUT2D eigenvalue weighted by Crippen LogP contribution is 2.36. The Balaban J connectivity index is 1.52. The lowest BCUT2D eigenvalue weighted by molar-refractivity contribution is -0.139. The molecular weight excluding hydrogens is 583 g/mol. The van der Waals surface area contributed by atoms with Gasteiger partial charge < -0.3 is 18.9 Å². The number of benzene rings is 3. The molecule has 0 saturated carbocycles. The first-order chi connectivity index (χ1) is 21.2. The molecule has 0 bridgehead atoms. The standard InChI is InChI=1S/C34H33FN2O6S/c1-6-41-33(39)30-21(4)36-34-37(31(30)24-12-15-27(43-20(2)3)28(18-24)40-5)32(38)29(44-34)17-22-10-13-26(14-11-22)42-19-23-8-7-9-25(35)16-23/h7-18,20,31H,6,19H2,1-5H3/b29-17-/t31-/m1/s1. The summed E-state index contributed by atoms with van der Waals surface area (Å²) in [7, 11) is 1.54. The zero-order valence-corrected chi connectivity index (χ0v) is 25.9. The Kier molecular flexibility index (Phi) is 9.29. The number of nitrogens with zero attached hydrogens (tertiary/aromatic N) is 2. The Labute approximate surface area is 258 Å². The van der Waals surface area contributed by atoms with E-state index in [0.717, 1.165) is 11.1 Å². The maximum Gasteiger partial charge on any atom is 0.338 e. The molecule has 44 heavy (non-hydrogen) atoms. The molecule has 228 valence electrons. The lowest BCUT2D eigenvalue weighted by Gasteiger charge is -2.25. The first kappa shape index (κ1) is 30.7. The maximum atomic E-state index is 14.0. The Morgan fingerprint density at radius 1 is 1.09 bits per heavy atom. The van der Waals surface area contributed by atoms with E-state index in [2.05, 4.69) is 4.99 Å². The summed E-state index contributed by atoms with van der Waals surface area (Å²) in [4.78, 5) is 32.3. The number of hydrogen-bond acceptors (Lipinski definition) is 8. The Bertz CT molecular complexity index is 1890. The van der Waals surface area contributed by atoms with E-state index in [-0.39, 0.29) is 36.3 Å². The maximum absolute atomic E-state index is 14.0. The van der Waals surface area contributed by atoms with Gasteiger partial charge >= 0.3 is 5.97 Å². The van der Waals surface area contributed by atoms with Crippen LogP contribution in [0.1, 0.15) is 50.4 Å². The van der Waals surface area contributed by atoms with Crippen LogP contribution < -0.4 is 29.1 Å². The molecule has 0 aliphatic carbocycles. The van der Waals surface area contributed by atoms with Crippen molar-refractivity contribution < 1.29 is 28.1 Å². The van der Waals surface area contributed by atoms with Gasteiger partial charge in [0.25, 0.3) is 5.56 Å². The minimum atomic E-state index is -0.784. The molecule has 4 aromatic rings. The summed E-state index contributed by atoms with van der Waals surface area (Å²) in [6.07, 6.45) is 1.71. The van der Waals surface area contributed by atoms with Crippen molar-refractivity contribution in [3.63, 3.8) is 0 Å². The number of carbonyl (C=O) groups is 1. The third-order valence-corrected chi connectivity index (χ3v) is 7.84. The van der Waals surface area contributed by atoms with Crippen molar-refractivity contribution in [3.05, 3.63) is 120 Å². The topological polar surface area (TPSA) is 88.4 Å². The van der Waals surface area contributed by atoms with Crippen molar-refractivity contribution in [1.29, 1.82) is 0 Å². The van der Waals surface area contributed by atoms with Gasteiger partial charge in [-0.15, -0.1) is 0 Å². The summed E-state index contributed by atoms with van der Waals surface area (Å²) in [6.45, 7) is 7.73. The van der Waals surface area contributed by atoms with Crippen molar-refractivity contribution >= 4 is 23.4 Å². The minimum Gasteiger partial charge on any atom is -0.493 e. The summed E-state index contributed by atoms with van der Waals surface area (Å²) in [5, 5.41) is 0. The van der Waals surface area contributed by atoms with Crippen molar-refractivity contribution in [2.75, 3.05) is 13.7 Å². The molecule has 1 aliphatic rings. The molecule has 0 fully saturated rings. The van der Waals surface area contributed by atoms with Crippen LogP contribution in [0.3, 0.4) is 0 Å². The highest BCUT2D eigenvalue weighted by atomic mass is 32.1. The molecular formula is C34H33FN2O6S. The quantitative estimate of drug-likeness (QED) is 0.225. The van der Waals surface area contributed by atoms with Gasteiger partial charge in [0.1, 0.15) is 18.2 Å². The third kappa shape index (κ3) is 6.60. The summed E-state index contributed by atoms with van der Waals surface area (Å²) in [6, 6.07) is 18.1. The van der Waals surface area contributed by atoms with E-state index < -0.39 is 12.0 Å². The van der Waals surface area contributed by atoms with Crippen molar-refractivity contribution in [1.82, 2.24) is 4.57 Å². The zero-order valence-electron chi connectivity index (χ0n) is 25.1. The number of thiazole rings is 1. The number of hydrogen-bond donors (Lipinski definition) is 0. The number of ether oxygens (including phenoxy) is 4. The second-order valence-corrected chi connectivity index (χ2v) is 11.4. The molecule has 1 atom stereocenters. The van der Waals surface area contributed by atoms with Gasteiger partial charge in [-0.2, -0.15) is 0 Å². The molecule has 0 saturated heterocycles. The molecule has 0 unspecified atom stereocenters. The molecule has 10 heteroatoms. The molecule has 8 nitrogen and oxygen atoms in total. The van der Waals surface area contributed by atoms with Crippen LogP contribution in [0.5, 0.6) is 17.2 Å². The highest BCUT2D eigenvalue weighted by Gasteiger charge is 2.34. The highest BCUT2D eigenvalue weighted by molar-refractivity contribution is 7.07. The van der Waals surface area contributed by atoms with E-state index in [1.54, 1.807) is 63.4 Å². The fourth-order valence-corrected chi connectivity index (χ4v) is 5.96. The molecule has 2 heterocycles. The van der Waals surface area contributed by atoms with Crippen molar-refractivity contribution in [3.8, 4) is 17.2 Å². The van der Waals surface area contributed by atoms with Gasteiger partial charge in [-0.05, 0) is 86.9 Å². The number of fused-ring (bicyclic) bond motifs is 1. The van der Waals surface area contributed by atoms with Crippen LogP contribution in [-0.4, -0.2) is 30.4 Å². The van der Waals surface area contributed by atoms with E-state index in [4.69, 9.17) is 18.9 Å². The predicted molar refractivity (Wildman–Crippen MR) is 166 cm³/mol. The van der Waals surface area contributed by atoms with Gasteiger partial charge in [0.15, 0.2) is 16.3 Å². The van der Waals surface area contributed by atoms with Crippen molar-refractivity contribution in [2.45, 2.75) is 46.4 Å². The van der Waals surface area contributed by atoms with E-state index in [1.165, 1.54) is 28.0 Å². The van der Waals surface area contributed by atoms with Gasteiger partial charge in [0, 0.05) is 0 Å². The number of carbonyl (C=O) groups excluding carboxylic acids is 1. The summed E-state index contributed by atoms with van der Waals surface area (Å²) in [5.41, 5.74) is 2.63. The number of methoxy groups -OCH3 is 1. The normalized spacial score (nSPS) is 14.7. The van der Waals surface area contributed by atoms with Crippen molar-refractivity contribution in [2.24, 2.45) is 4.99 Å². The second kappa shape index (κ2) is 13.3. The molecule has 1 aliphatic heterocycles. The average molecular weight is 617 g/mol. The van der Waals surface area contributed by atoms with Crippen LogP contribution >= 0.6 is 11.3 Å². The number of halogens is 1. The summed E-state index contributed by atoms with van der Waals surface area (Å²) < 4.78 is 38.1. The summed E-state index contributed by atoms with van der Waals surface area (Å²) >= 11 is 1.24. The average Bonchev–Trinajstić information content (AvgIpc) is 3.30. The molecule has 0 spiro atoms. The number of allylic oxidation sites excluding steroid dienone is 1. The lowest BCUT2D eigenvalue weighted by Crippen LogP contribution is -2.40. The van der Waals surface area contributed by atoms with Crippen LogP contribution in [0.4, 0.5) is 4.39 Å². The van der Waals surface area contributed by atoms with Crippen LogP contribution in [0.15, 0.2) is 87.8 Å². The van der Waals surface area contributed by atoms with Gasteiger partial charge in [-0.1, -0.05) is 41.7 Å². The summed E-state index contributed by atoms with van der Waals surface area (Å²) in [5.74, 6) is 0.798. The molecule has 0 N–H and O–H groups in total. The Morgan fingerprint density at radius 3 is 2.55 bits per heavy atom. The van der Waals surface area contributed by atoms with Crippen LogP contribution in [0, 0.1) is 5.82 Å². The van der Waals surface area contributed by atoms with Gasteiger partial charge in [-0.25, -0.2) is 14.2 Å². The second-order valence-electron chi connectivity index (χ2n) is 10.4.